The van der Waals surface area contributed by atoms with Gasteiger partial charge >= 0.3 is 0 Å². The highest BCUT2D eigenvalue weighted by Gasteiger charge is 2.11. The number of rotatable bonds is 7. The molecule has 3 heteroatoms. The third-order valence-corrected chi connectivity index (χ3v) is 3.43. The first-order valence-corrected chi connectivity index (χ1v) is 7.34. The maximum absolute atomic E-state index is 9.17. The lowest BCUT2D eigenvalue weighted by Crippen LogP contribution is -2.30. The van der Waals surface area contributed by atoms with Gasteiger partial charge in [0, 0.05) is 12.6 Å². The van der Waals surface area contributed by atoms with Crippen LogP contribution >= 0.6 is 11.8 Å². The van der Waals surface area contributed by atoms with Crippen molar-refractivity contribution < 1.29 is 0 Å². The van der Waals surface area contributed by atoms with Crippen molar-refractivity contribution in [3.63, 3.8) is 0 Å². The Morgan fingerprint density at radius 2 is 2.06 bits per heavy atom. The van der Waals surface area contributed by atoms with Crippen LogP contribution in [0.5, 0.6) is 0 Å². The molecule has 0 heterocycles. The summed E-state index contributed by atoms with van der Waals surface area (Å²) < 4.78 is 0. The van der Waals surface area contributed by atoms with Crippen LogP contribution < -0.4 is 5.32 Å². The van der Waals surface area contributed by atoms with Crippen LogP contribution in [0, 0.1) is 11.3 Å². The van der Waals surface area contributed by atoms with E-state index in [0.717, 1.165) is 24.3 Å². The molecule has 92 valence electrons. The van der Waals surface area contributed by atoms with Gasteiger partial charge < -0.3 is 5.32 Å². The molecule has 1 aromatic carbocycles. The SMILES string of the molecule is CSCCC(C)NCC(C#N)c1ccccc1. The molecule has 0 fully saturated rings. The molecule has 17 heavy (non-hydrogen) atoms. The van der Waals surface area contributed by atoms with Crippen LogP contribution in [0.4, 0.5) is 0 Å². The zero-order valence-corrected chi connectivity index (χ0v) is 11.3. The van der Waals surface area contributed by atoms with Crippen molar-refractivity contribution in [3.8, 4) is 6.07 Å². The van der Waals surface area contributed by atoms with Gasteiger partial charge in [0.2, 0.25) is 0 Å². The van der Waals surface area contributed by atoms with Gasteiger partial charge in [0.25, 0.3) is 0 Å². The third-order valence-electron chi connectivity index (χ3n) is 2.78. The standard InChI is InChI=1S/C14H20N2S/c1-12(8-9-17-2)16-11-14(10-15)13-6-4-3-5-7-13/h3-7,12,14,16H,8-9,11H2,1-2H3. The maximum Gasteiger partial charge on any atom is 0.0837 e. The lowest BCUT2D eigenvalue weighted by Gasteiger charge is -2.16. The van der Waals surface area contributed by atoms with Gasteiger partial charge in [-0.25, -0.2) is 0 Å². The van der Waals surface area contributed by atoms with Crippen molar-refractivity contribution >= 4 is 11.8 Å². The topological polar surface area (TPSA) is 35.8 Å². The highest BCUT2D eigenvalue weighted by molar-refractivity contribution is 7.98. The molecule has 0 saturated heterocycles. The normalized spacial score (nSPS) is 13.9. The number of nitriles is 1. The van der Waals surface area contributed by atoms with E-state index in [1.807, 2.05) is 42.1 Å². The summed E-state index contributed by atoms with van der Waals surface area (Å²) in [6.07, 6.45) is 3.27. The van der Waals surface area contributed by atoms with Gasteiger partial charge in [0.15, 0.2) is 0 Å². The second-order valence-electron chi connectivity index (χ2n) is 4.18. The van der Waals surface area contributed by atoms with Crippen LogP contribution in [0.1, 0.15) is 24.8 Å². The van der Waals surface area contributed by atoms with Gasteiger partial charge in [-0.2, -0.15) is 17.0 Å². The van der Waals surface area contributed by atoms with E-state index in [4.69, 9.17) is 0 Å². The van der Waals surface area contributed by atoms with Gasteiger partial charge in [0.1, 0.15) is 0 Å². The molecule has 0 saturated carbocycles. The Labute approximate surface area is 108 Å². The highest BCUT2D eigenvalue weighted by atomic mass is 32.2. The minimum absolute atomic E-state index is 0.0482. The molecule has 0 aromatic heterocycles. The Morgan fingerprint density at radius 3 is 2.65 bits per heavy atom. The molecule has 0 aliphatic carbocycles. The van der Waals surface area contributed by atoms with Crippen LogP contribution in [0.2, 0.25) is 0 Å². The number of nitrogens with zero attached hydrogens (tertiary/aromatic N) is 1. The summed E-state index contributed by atoms with van der Waals surface area (Å²) in [4.78, 5) is 0. The van der Waals surface area contributed by atoms with Gasteiger partial charge in [-0.15, -0.1) is 0 Å². The van der Waals surface area contributed by atoms with Crippen LogP contribution in [0.25, 0.3) is 0 Å². The quantitative estimate of drug-likeness (QED) is 0.805. The average Bonchev–Trinajstić information content (AvgIpc) is 2.38. The maximum atomic E-state index is 9.17. The van der Waals surface area contributed by atoms with Crippen LogP contribution in [-0.2, 0) is 0 Å². The zero-order valence-electron chi connectivity index (χ0n) is 10.5. The molecule has 2 unspecified atom stereocenters. The minimum Gasteiger partial charge on any atom is -0.313 e. The number of benzene rings is 1. The Bertz CT molecular complexity index is 345. The summed E-state index contributed by atoms with van der Waals surface area (Å²) in [5, 5.41) is 12.6. The van der Waals surface area contributed by atoms with Crippen LogP contribution in [-0.4, -0.2) is 24.6 Å². The first-order chi connectivity index (χ1) is 8.27. The molecule has 1 aromatic rings. The second kappa shape index (κ2) is 8.16. The summed E-state index contributed by atoms with van der Waals surface area (Å²) in [6, 6.07) is 12.8. The summed E-state index contributed by atoms with van der Waals surface area (Å²) in [6.45, 7) is 2.91. The highest BCUT2D eigenvalue weighted by Crippen LogP contribution is 2.13. The van der Waals surface area contributed by atoms with Crippen molar-refractivity contribution in [1.29, 1.82) is 5.26 Å². The van der Waals surface area contributed by atoms with Crippen molar-refractivity contribution in [2.45, 2.75) is 25.3 Å². The molecule has 0 radical (unpaired) electrons. The number of thioether (sulfide) groups is 1. The molecule has 0 spiro atoms. The fraction of sp³-hybridized carbons (Fsp3) is 0.500. The largest absolute Gasteiger partial charge is 0.313 e. The molecule has 0 amide bonds. The zero-order chi connectivity index (χ0) is 12.5. The Morgan fingerprint density at radius 1 is 1.35 bits per heavy atom. The predicted molar refractivity (Wildman–Crippen MR) is 75.3 cm³/mol. The fourth-order valence-corrected chi connectivity index (χ4v) is 2.23. The summed E-state index contributed by atoms with van der Waals surface area (Å²) in [5.41, 5.74) is 1.10. The summed E-state index contributed by atoms with van der Waals surface area (Å²) >= 11 is 1.86. The molecule has 2 atom stereocenters. The van der Waals surface area contributed by atoms with E-state index in [-0.39, 0.29) is 5.92 Å². The van der Waals surface area contributed by atoms with E-state index in [0.29, 0.717) is 6.04 Å². The van der Waals surface area contributed by atoms with E-state index >= 15 is 0 Å². The first-order valence-electron chi connectivity index (χ1n) is 5.94. The van der Waals surface area contributed by atoms with Crippen molar-refractivity contribution in [3.05, 3.63) is 35.9 Å². The molecule has 0 bridgehead atoms. The van der Waals surface area contributed by atoms with Gasteiger partial charge in [-0.05, 0) is 30.9 Å². The second-order valence-corrected chi connectivity index (χ2v) is 5.17. The molecule has 1 N–H and O–H groups in total. The van der Waals surface area contributed by atoms with Crippen molar-refractivity contribution in [2.75, 3.05) is 18.6 Å². The number of hydrogen-bond acceptors (Lipinski definition) is 3. The Kier molecular flexibility index (Phi) is 6.76. The average molecular weight is 248 g/mol. The Hall–Kier alpha value is -0.980. The number of nitrogens with one attached hydrogen (secondary N) is 1. The molecule has 2 nitrogen and oxygen atoms in total. The monoisotopic (exact) mass is 248 g/mol. The first kappa shape index (κ1) is 14.1. The molecule has 1 rings (SSSR count). The van der Waals surface area contributed by atoms with E-state index in [2.05, 4.69) is 24.6 Å². The van der Waals surface area contributed by atoms with Gasteiger partial charge in [0.05, 0.1) is 12.0 Å². The summed E-state index contributed by atoms with van der Waals surface area (Å²) in [7, 11) is 0. The van der Waals surface area contributed by atoms with Crippen LogP contribution in [0.3, 0.4) is 0 Å². The predicted octanol–water partition coefficient (Wildman–Crippen LogP) is 3.02. The van der Waals surface area contributed by atoms with Crippen molar-refractivity contribution in [2.24, 2.45) is 0 Å². The smallest absolute Gasteiger partial charge is 0.0837 e. The van der Waals surface area contributed by atoms with E-state index in [1.165, 1.54) is 0 Å². The van der Waals surface area contributed by atoms with Gasteiger partial charge in [-0.1, -0.05) is 30.3 Å². The minimum atomic E-state index is -0.0482. The van der Waals surface area contributed by atoms with Crippen LogP contribution in [0.15, 0.2) is 30.3 Å². The molecule has 0 aliphatic heterocycles. The molecular weight excluding hydrogens is 228 g/mol. The fourth-order valence-electron chi connectivity index (χ4n) is 1.64. The molecular formula is C14H20N2S. The van der Waals surface area contributed by atoms with E-state index in [1.54, 1.807) is 0 Å². The third kappa shape index (κ3) is 5.25. The lowest BCUT2D eigenvalue weighted by molar-refractivity contribution is 0.526. The lowest BCUT2D eigenvalue weighted by atomic mass is 10.0. The summed E-state index contributed by atoms with van der Waals surface area (Å²) in [5.74, 6) is 1.12. The van der Waals surface area contributed by atoms with E-state index in [9.17, 15) is 5.26 Å². The van der Waals surface area contributed by atoms with Crippen molar-refractivity contribution in [1.82, 2.24) is 5.32 Å². The number of hydrogen-bond donors (Lipinski definition) is 1. The van der Waals surface area contributed by atoms with Gasteiger partial charge in [-0.3, -0.25) is 0 Å². The Balaban J connectivity index is 2.41. The molecule has 0 aliphatic rings. The van der Waals surface area contributed by atoms with E-state index < -0.39 is 0 Å².